The van der Waals surface area contributed by atoms with Crippen molar-refractivity contribution in [2.24, 2.45) is 0 Å². The van der Waals surface area contributed by atoms with Gasteiger partial charge >= 0.3 is 0 Å². The fraction of sp³-hybridized carbons (Fsp3) is 0.429. The summed E-state index contributed by atoms with van der Waals surface area (Å²) < 4.78 is 0. The van der Waals surface area contributed by atoms with Crippen LogP contribution in [0, 0.1) is 0 Å². The van der Waals surface area contributed by atoms with Crippen LogP contribution in [0.3, 0.4) is 0 Å². The van der Waals surface area contributed by atoms with E-state index < -0.39 is 0 Å². The molecule has 0 aliphatic rings. The molecule has 0 spiro atoms. The van der Waals surface area contributed by atoms with E-state index >= 15 is 0 Å². The maximum absolute atomic E-state index is 4.24. The van der Waals surface area contributed by atoms with Gasteiger partial charge in [-0.15, -0.1) is 10.2 Å². The molecule has 0 saturated heterocycles. The number of nitrogens with one attached hydrogen (secondary N) is 1. The molecule has 0 fully saturated rings. The van der Waals surface area contributed by atoms with Gasteiger partial charge < -0.3 is 5.32 Å². The zero-order valence-corrected chi connectivity index (χ0v) is 11.9. The Morgan fingerprint density at radius 3 is 2.39 bits per heavy atom. The van der Waals surface area contributed by atoms with Gasteiger partial charge in [-0.25, -0.2) is 0 Å². The van der Waals surface area contributed by atoms with E-state index in [-0.39, 0.29) is 5.54 Å². The summed E-state index contributed by atoms with van der Waals surface area (Å²) >= 11 is 1.68. The van der Waals surface area contributed by atoms with Crippen molar-refractivity contribution in [2.75, 3.05) is 0 Å². The molecule has 0 unspecified atom stereocenters. The summed E-state index contributed by atoms with van der Waals surface area (Å²) in [5, 5.41) is 14.0. The molecule has 0 atom stereocenters. The van der Waals surface area contributed by atoms with Crippen LogP contribution in [0.2, 0.25) is 0 Å². The number of benzene rings is 1. The van der Waals surface area contributed by atoms with E-state index in [2.05, 4.69) is 60.6 Å². The predicted molar refractivity (Wildman–Crippen MR) is 75.7 cm³/mol. The number of rotatable bonds is 4. The SMILES string of the molecule is CC(C)(C)NCc1nnc(Cc2ccccc2)s1. The van der Waals surface area contributed by atoms with Crippen LogP contribution in [0.4, 0.5) is 0 Å². The minimum Gasteiger partial charge on any atom is -0.306 e. The zero-order chi connectivity index (χ0) is 13.0. The second-order valence-electron chi connectivity index (χ2n) is 5.36. The van der Waals surface area contributed by atoms with Gasteiger partial charge in [-0.05, 0) is 26.3 Å². The van der Waals surface area contributed by atoms with Crippen LogP contribution in [0.1, 0.15) is 36.3 Å². The van der Waals surface area contributed by atoms with Gasteiger partial charge in [-0.3, -0.25) is 0 Å². The van der Waals surface area contributed by atoms with Gasteiger partial charge in [0, 0.05) is 12.0 Å². The molecule has 0 radical (unpaired) electrons. The second-order valence-corrected chi connectivity index (χ2v) is 6.50. The first kappa shape index (κ1) is 13.2. The number of hydrogen-bond donors (Lipinski definition) is 1. The standard InChI is InChI=1S/C14H19N3S/c1-14(2,3)15-10-13-17-16-12(18-13)9-11-7-5-4-6-8-11/h4-8,15H,9-10H2,1-3H3. The van der Waals surface area contributed by atoms with Gasteiger partial charge in [0.2, 0.25) is 0 Å². The lowest BCUT2D eigenvalue weighted by Gasteiger charge is -2.19. The van der Waals surface area contributed by atoms with Crippen molar-refractivity contribution in [1.29, 1.82) is 0 Å². The highest BCUT2D eigenvalue weighted by Crippen LogP contribution is 2.15. The Kier molecular flexibility index (Phi) is 4.09. The van der Waals surface area contributed by atoms with Crippen molar-refractivity contribution in [2.45, 2.75) is 39.3 Å². The lowest BCUT2D eigenvalue weighted by molar-refractivity contribution is 0.423. The van der Waals surface area contributed by atoms with Crippen LogP contribution >= 0.6 is 11.3 Å². The Bertz CT molecular complexity index is 485. The lowest BCUT2D eigenvalue weighted by atomic mass is 10.1. The third-order valence-corrected chi connectivity index (χ3v) is 3.40. The fourth-order valence-electron chi connectivity index (χ4n) is 1.54. The molecule has 3 nitrogen and oxygen atoms in total. The monoisotopic (exact) mass is 261 g/mol. The third kappa shape index (κ3) is 4.20. The minimum absolute atomic E-state index is 0.116. The summed E-state index contributed by atoms with van der Waals surface area (Å²) in [6.07, 6.45) is 0.869. The van der Waals surface area contributed by atoms with E-state index in [1.165, 1.54) is 5.56 Å². The van der Waals surface area contributed by atoms with Crippen molar-refractivity contribution in [3.05, 3.63) is 45.9 Å². The highest BCUT2D eigenvalue weighted by Gasteiger charge is 2.11. The lowest BCUT2D eigenvalue weighted by Crippen LogP contribution is -2.35. The van der Waals surface area contributed by atoms with Crippen molar-refractivity contribution >= 4 is 11.3 Å². The smallest absolute Gasteiger partial charge is 0.131 e. The minimum atomic E-state index is 0.116. The Labute approximate surface area is 112 Å². The normalized spacial score (nSPS) is 11.7. The molecular formula is C14H19N3S. The summed E-state index contributed by atoms with van der Waals surface area (Å²) in [6, 6.07) is 10.4. The average Bonchev–Trinajstić information content (AvgIpc) is 2.75. The van der Waals surface area contributed by atoms with Crippen molar-refractivity contribution in [1.82, 2.24) is 15.5 Å². The second kappa shape index (κ2) is 5.59. The molecule has 1 N–H and O–H groups in total. The Morgan fingerprint density at radius 2 is 1.72 bits per heavy atom. The first-order valence-electron chi connectivity index (χ1n) is 6.13. The number of aromatic nitrogens is 2. The Hall–Kier alpha value is -1.26. The molecule has 0 bridgehead atoms. The maximum Gasteiger partial charge on any atom is 0.131 e. The largest absolute Gasteiger partial charge is 0.306 e. The molecule has 0 amide bonds. The Morgan fingerprint density at radius 1 is 1.06 bits per heavy atom. The van der Waals surface area contributed by atoms with E-state index in [1.807, 2.05) is 6.07 Å². The topological polar surface area (TPSA) is 37.8 Å². The van der Waals surface area contributed by atoms with E-state index in [4.69, 9.17) is 0 Å². The van der Waals surface area contributed by atoms with E-state index in [1.54, 1.807) is 11.3 Å². The van der Waals surface area contributed by atoms with Gasteiger partial charge in [0.05, 0.1) is 6.54 Å². The molecule has 1 aromatic heterocycles. The highest BCUT2D eigenvalue weighted by molar-refractivity contribution is 7.11. The molecule has 96 valence electrons. The van der Waals surface area contributed by atoms with Gasteiger partial charge in [0.1, 0.15) is 10.0 Å². The first-order chi connectivity index (χ1) is 8.53. The highest BCUT2D eigenvalue weighted by atomic mass is 32.1. The summed E-state index contributed by atoms with van der Waals surface area (Å²) in [7, 11) is 0. The molecule has 2 aromatic rings. The first-order valence-corrected chi connectivity index (χ1v) is 6.95. The molecule has 4 heteroatoms. The van der Waals surface area contributed by atoms with Gasteiger partial charge in [-0.1, -0.05) is 41.7 Å². The molecule has 18 heavy (non-hydrogen) atoms. The van der Waals surface area contributed by atoms with Crippen LogP contribution in [-0.2, 0) is 13.0 Å². The van der Waals surface area contributed by atoms with E-state index in [9.17, 15) is 0 Å². The summed E-state index contributed by atoms with van der Waals surface area (Å²) in [4.78, 5) is 0. The Balaban J connectivity index is 1.94. The summed E-state index contributed by atoms with van der Waals surface area (Å²) in [6.45, 7) is 7.24. The number of nitrogens with zero attached hydrogens (tertiary/aromatic N) is 2. The van der Waals surface area contributed by atoms with E-state index in [0.29, 0.717) is 0 Å². The van der Waals surface area contributed by atoms with Crippen molar-refractivity contribution in [3.8, 4) is 0 Å². The quantitative estimate of drug-likeness (QED) is 0.919. The van der Waals surface area contributed by atoms with Crippen LogP contribution in [0.15, 0.2) is 30.3 Å². The molecular weight excluding hydrogens is 242 g/mol. The van der Waals surface area contributed by atoms with Crippen molar-refractivity contribution in [3.63, 3.8) is 0 Å². The van der Waals surface area contributed by atoms with Gasteiger partial charge in [-0.2, -0.15) is 0 Å². The number of hydrogen-bond acceptors (Lipinski definition) is 4. The average molecular weight is 261 g/mol. The third-order valence-electron chi connectivity index (χ3n) is 2.48. The molecule has 1 aromatic carbocycles. The van der Waals surface area contributed by atoms with Crippen LogP contribution in [0.25, 0.3) is 0 Å². The summed E-state index contributed by atoms with van der Waals surface area (Å²) in [5.74, 6) is 0. The van der Waals surface area contributed by atoms with Gasteiger partial charge in [0.15, 0.2) is 0 Å². The zero-order valence-electron chi connectivity index (χ0n) is 11.1. The molecule has 2 rings (SSSR count). The molecule has 0 aliphatic carbocycles. The summed E-state index contributed by atoms with van der Waals surface area (Å²) in [5.41, 5.74) is 1.40. The predicted octanol–water partition coefficient (Wildman–Crippen LogP) is 3.02. The van der Waals surface area contributed by atoms with Crippen LogP contribution in [0.5, 0.6) is 0 Å². The van der Waals surface area contributed by atoms with E-state index in [0.717, 1.165) is 23.0 Å². The maximum atomic E-state index is 4.24. The van der Waals surface area contributed by atoms with Crippen LogP contribution < -0.4 is 5.32 Å². The van der Waals surface area contributed by atoms with Gasteiger partial charge in [0.25, 0.3) is 0 Å². The van der Waals surface area contributed by atoms with Crippen molar-refractivity contribution < 1.29 is 0 Å². The molecule has 0 saturated carbocycles. The van der Waals surface area contributed by atoms with Crippen LogP contribution in [-0.4, -0.2) is 15.7 Å². The molecule has 1 heterocycles. The molecule has 0 aliphatic heterocycles. The fourth-order valence-corrected chi connectivity index (χ4v) is 2.36.